The lowest BCUT2D eigenvalue weighted by atomic mass is 10.2. The Balaban J connectivity index is 2.36. The fraction of sp³-hybridized carbons (Fsp3) is 0. The minimum Gasteiger partial charge on any atom is -0.409 e. The number of nitrogens with two attached hydrogens (primary N) is 1. The van der Waals surface area contributed by atoms with Crippen LogP contribution in [0.15, 0.2) is 41.8 Å². The van der Waals surface area contributed by atoms with Crippen LogP contribution in [-0.2, 0) is 0 Å². The van der Waals surface area contributed by atoms with E-state index in [1.165, 1.54) is 11.3 Å². The van der Waals surface area contributed by atoms with E-state index in [2.05, 4.69) is 10.1 Å². The summed E-state index contributed by atoms with van der Waals surface area (Å²) in [6, 6.07) is 7.59. The second kappa shape index (κ2) is 4.10. The van der Waals surface area contributed by atoms with Crippen LogP contribution in [0.2, 0.25) is 0 Å². The lowest BCUT2D eigenvalue weighted by Crippen LogP contribution is -2.10. The van der Waals surface area contributed by atoms with E-state index in [0.29, 0.717) is 0 Å². The highest BCUT2D eigenvalue weighted by Crippen LogP contribution is 2.26. The quantitative estimate of drug-likeness (QED) is 0.351. The van der Waals surface area contributed by atoms with Crippen LogP contribution >= 0.6 is 11.3 Å². The zero-order valence-electron chi connectivity index (χ0n) is 7.79. The third-order valence-corrected chi connectivity index (χ3v) is 3.07. The highest BCUT2D eigenvalue weighted by Gasteiger charge is 2.05. The largest absolute Gasteiger partial charge is 0.409 e. The van der Waals surface area contributed by atoms with E-state index >= 15 is 0 Å². The van der Waals surface area contributed by atoms with Crippen LogP contribution in [0, 0.1) is 0 Å². The van der Waals surface area contributed by atoms with Gasteiger partial charge in [0.2, 0.25) is 0 Å². The Kier molecular flexibility index (Phi) is 2.64. The summed E-state index contributed by atoms with van der Waals surface area (Å²) >= 11 is 1.46. The molecule has 2 aromatic rings. The molecule has 0 saturated carbocycles. The molecule has 15 heavy (non-hydrogen) atoms. The third kappa shape index (κ3) is 1.97. The maximum Gasteiger partial charge on any atom is 0.180 e. The Labute approximate surface area is 90.7 Å². The second-order valence-electron chi connectivity index (χ2n) is 2.89. The van der Waals surface area contributed by atoms with Gasteiger partial charge in [-0.15, -0.1) is 11.3 Å². The number of amidine groups is 1. The molecule has 3 N–H and O–H groups in total. The summed E-state index contributed by atoms with van der Waals surface area (Å²) in [5, 5.41) is 11.5. The Morgan fingerprint density at radius 2 is 2.27 bits per heavy atom. The molecule has 0 saturated heterocycles. The molecule has 0 radical (unpaired) electrons. The van der Waals surface area contributed by atoms with Crippen molar-refractivity contribution in [3.63, 3.8) is 0 Å². The summed E-state index contributed by atoms with van der Waals surface area (Å²) in [5.74, 6) is 0.134. The van der Waals surface area contributed by atoms with Crippen molar-refractivity contribution in [2.45, 2.75) is 0 Å². The van der Waals surface area contributed by atoms with Gasteiger partial charge in [-0.25, -0.2) is 0 Å². The van der Waals surface area contributed by atoms with Gasteiger partial charge in [-0.05, 0) is 18.2 Å². The van der Waals surface area contributed by atoms with E-state index in [4.69, 9.17) is 10.9 Å². The van der Waals surface area contributed by atoms with Crippen LogP contribution in [-0.4, -0.2) is 16.0 Å². The molecule has 0 aliphatic heterocycles. The Hall–Kier alpha value is -1.88. The number of rotatable bonds is 2. The number of aromatic nitrogens is 1. The first-order valence-electron chi connectivity index (χ1n) is 4.29. The van der Waals surface area contributed by atoms with E-state index in [0.717, 1.165) is 15.3 Å². The van der Waals surface area contributed by atoms with Gasteiger partial charge in [0.15, 0.2) is 5.84 Å². The van der Waals surface area contributed by atoms with Crippen molar-refractivity contribution in [1.29, 1.82) is 0 Å². The standard InChI is InChI=1S/C10H9N3OS/c11-10(13-14)9-4-3-8(15-9)7-2-1-5-12-6-7/h1-6,14H,(H2,11,13). The smallest absolute Gasteiger partial charge is 0.180 e. The third-order valence-electron chi connectivity index (χ3n) is 1.91. The van der Waals surface area contributed by atoms with Crippen LogP contribution in [0.25, 0.3) is 10.4 Å². The Morgan fingerprint density at radius 3 is 2.93 bits per heavy atom. The molecule has 0 spiro atoms. The summed E-state index contributed by atoms with van der Waals surface area (Å²) < 4.78 is 0. The van der Waals surface area contributed by atoms with Gasteiger partial charge in [0.05, 0.1) is 4.88 Å². The van der Waals surface area contributed by atoms with Crippen molar-refractivity contribution in [2.75, 3.05) is 0 Å². The van der Waals surface area contributed by atoms with E-state index < -0.39 is 0 Å². The minimum absolute atomic E-state index is 0.134. The molecule has 2 heterocycles. The normalized spacial score (nSPS) is 11.6. The molecule has 0 unspecified atom stereocenters. The number of pyridine rings is 1. The lowest BCUT2D eigenvalue weighted by Gasteiger charge is -1.94. The second-order valence-corrected chi connectivity index (χ2v) is 3.97. The summed E-state index contributed by atoms with van der Waals surface area (Å²) in [4.78, 5) is 5.82. The SMILES string of the molecule is NC(=NO)c1ccc(-c2cccnc2)s1. The van der Waals surface area contributed by atoms with Crippen LogP contribution in [0.5, 0.6) is 0 Å². The predicted molar refractivity (Wildman–Crippen MR) is 60.1 cm³/mol. The zero-order chi connectivity index (χ0) is 10.7. The van der Waals surface area contributed by atoms with Gasteiger partial charge in [0.1, 0.15) is 0 Å². The van der Waals surface area contributed by atoms with Gasteiger partial charge < -0.3 is 10.9 Å². The van der Waals surface area contributed by atoms with Crippen LogP contribution in [0.1, 0.15) is 4.88 Å². The molecule has 4 nitrogen and oxygen atoms in total. The van der Waals surface area contributed by atoms with Crippen molar-refractivity contribution in [1.82, 2.24) is 4.98 Å². The van der Waals surface area contributed by atoms with Crippen LogP contribution in [0.3, 0.4) is 0 Å². The van der Waals surface area contributed by atoms with Gasteiger partial charge in [-0.1, -0.05) is 11.2 Å². The summed E-state index contributed by atoms with van der Waals surface area (Å²) in [7, 11) is 0. The highest BCUT2D eigenvalue weighted by atomic mass is 32.1. The van der Waals surface area contributed by atoms with Crippen LogP contribution < -0.4 is 5.73 Å². The number of hydrogen-bond acceptors (Lipinski definition) is 4. The lowest BCUT2D eigenvalue weighted by molar-refractivity contribution is 0.319. The number of hydrogen-bond donors (Lipinski definition) is 2. The Morgan fingerprint density at radius 1 is 1.40 bits per heavy atom. The first-order chi connectivity index (χ1) is 7.31. The molecule has 0 bridgehead atoms. The molecular weight excluding hydrogens is 210 g/mol. The van der Waals surface area contributed by atoms with Crippen molar-refractivity contribution in [2.24, 2.45) is 10.9 Å². The molecule has 0 fully saturated rings. The fourth-order valence-electron chi connectivity index (χ4n) is 1.19. The Bertz CT molecular complexity index is 478. The van der Waals surface area contributed by atoms with Crippen LogP contribution in [0.4, 0.5) is 0 Å². The molecule has 5 heteroatoms. The number of nitrogens with zero attached hydrogens (tertiary/aromatic N) is 2. The topological polar surface area (TPSA) is 71.5 Å². The van der Waals surface area contributed by atoms with E-state index in [9.17, 15) is 0 Å². The molecule has 0 atom stereocenters. The molecule has 2 rings (SSSR count). The summed E-state index contributed by atoms with van der Waals surface area (Å²) in [6.45, 7) is 0. The first kappa shape index (κ1) is 9.67. The average Bonchev–Trinajstić information content (AvgIpc) is 2.78. The molecule has 0 aromatic carbocycles. The summed E-state index contributed by atoms with van der Waals surface area (Å²) in [5.41, 5.74) is 6.51. The molecule has 76 valence electrons. The van der Waals surface area contributed by atoms with E-state index in [-0.39, 0.29) is 5.84 Å². The fourth-order valence-corrected chi connectivity index (χ4v) is 2.08. The first-order valence-corrected chi connectivity index (χ1v) is 5.11. The monoisotopic (exact) mass is 219 g/mol. The predicted octanol–water partition coefficient (Wildman–Crippen LogP) is 1.90. The van der Waals surface area contributed by atoms with Gasteiger partial charge in [0.25, 0.3) is 0 Å². The van der Waals surface area contributed by atoms with Crippen molar-refractivity contribution in [3.8, 4) is 10.4 Å². The molecule has 0 aliphatic rings. The van der Waals surface area contributed by atoms with Crippen molar-refractivity contribution < 1.29 is 5.21 Å². The van der Waals surface area contributed by atoms with Crippen molar-refractivity contribution in [3.05, 3.63) is 41.5 Å². The molecule has 0 aliphatic carbocycles. The molecule has 2 aromatic heterocycles. The van der Waals surface area contributed by atoms with E-state index in [1.54, 1.807) is 12.4 Å². The average molecular weight is 219 g/mol. The zero-order valence-corrected chi connectivity index (χ0v) is 8.61. The molecule has 0 amide bonds. The maximum absolute atomic E-state index is 8.53. The van der Waals surface area contributed by atoms with Gasteiger partial charge >= 0.3 is 0 Å². The van der Waals surface area contributed by atoms with E-state index in [1.807, 2.05) is 24.3 Å². The van der Waals surface area contributed by atoms with Crippen molar-refractivity contribution >= 4 is 17.2 Å². The highest BCUT2D eigenvalue weighted by molar-refractivity contribution is 7.17. The minimum atomic E-state index is 0.134. The summed E-state index contributed by atoms with van der Waals surface area (Å²) in [6.07, 6.45) is 3.50. The maximum atomic E-state index is 8.53. The van der Waals surface area contributed by atoms with Gasteiger partial charge in [0, 0.05) is 22.8 Å². The molecular formula is C10H9N3OS. The number of thiophene rings is 1. The van der Waals surface area contributed by atoms with Gasteiger partial charge in [-0.2, -0.15) is 0 Å². The van der Waals surface area contributed by atoms with Gasteiger partial charge in [-0.3, -0.25) is 4.98 Å². The number of oxime groups is 1.